The Kier molecular flexibility index (Phi) is 4.82. The molecule has 3 aromatic heterocycles. The molecule has 9 aromatic rings. The van der Waals surface area contributed by atoms with Gasteiger partial charge in [0.2, 0.25) is 0 Å². The Morgan fingerprint density at radius 3 is 2.04 bits per heavy atom. The van der Waals surface area contributed by atoms with Crippen molar-refractivity contribution >= 4 is 82.4 Å². The van der Waals surface area contributed by atoms with Crippen molar-refractivity contribution in [2.24, 2.45) is 11.8 Å². The fraction of sp³-hybridized carbons (Fsp3) is 0.0435. The summed E-state index contributed by atoms with van der Waals surface area (Å²) in [4.78, 5) is 0. The highest BCUT2D eigenvalue weighted by Gasteiger charge is 2.41. The van der Waals surface area contributed by atoms with Crippen LogP contribution < -0.4 is 0 Å². The highest BCUT2D eigenvalue weighted by Crippen LogP contribution is 2.56. The van der Waals surface area contributed by atoms with Crippen molar-refractivity contribution in [3.63, 3.8) is 0 Å². The first kappa shape index (κ1) is 25.7. The van der Waals surface area contributed by atoms with Crippen molar-refractivity contribution in [1.29, 1.82) is 0 Å². The van der Waals surface area contributed by atoms with Crippen molar-refractivity contribution in [2.45, 2.75) is 0 Å². The molecule has 0 radical (unpaired) electrons. The number of furan rings is 1. The van der Waals surface area contributed by atoms with Crippen molar-refractivity contribution in [1.82, 2.24) is 9.13 Å². The Labute approximate surface area is 281 Å². The van der Waals surface area contributed by atoms with Gasteiger partial charge in [0.25, 0.3) is 0 Å². The van der Waals surface area contributed by atoms with Crippen LogP contribution in [-0.4, -0.2) is 9.13 Å². The summed E-state index contributed by atoms with van der Waals surface area (Å²) in [6, 6.07) is 46.2. The number of aromatic nitrogens is 2. The van der Waals surface area contributed by atoms with E-state index in [1.54, 1.807) is 0 Å². The van der Waals surface area contributed by atoms with Gasteiger partial charge in [-0.25, -0.2) is 0 Å². The third kappa shape index (κ3) is 3.18. The van der Waals surface area contributed by atoms with E-state index in [1.807, 2.05) is 0 Å². The number of nitrogens with zero attached hydrogens (tertiary/aromatic N) is 2. The second-order valence-corrected chi connectivity index (χ2v) is 13.6. The molecule has 2 atom stereocenters. The molecule has 0 saturated heterocycles. The molecule has 0 bridgehead atoms. The second-order valence-electron chi connectivity index (χ2n) is 13.6. The molecule has 6 aromatic carbocycles. The molecule has 3 heteroatoms. The first-order chi connectivity index (χ1) is 24.3. The van der Waals surface area contributed by atoms with Crippen LogP contribution in [-0.2, 0) is 0 Å². The minimum absolute atomic E-state index is 0.190. The summed E-state index contributed by atoms with van der Waals surface area (Å²) in [6.07, 6.45) is 11.8. The van der Waals surface area contributed by atoms with Gasteiger partial charge in [0.1, 0.15) is 11.2 Å². The summed E-state index contributed by atoms with van der Waals surface area (Å²) in [7, 11) is 0. The summed E-state index contributed by atoms with van der Waals surface area (Å²) in [6.45, 7) is 0. The predicted molar refractivity (Wildman–Crippen MR) is 204 cm³/mol. The van der Waals surface area contributed by atoms with Gasteiger partial charge in [0, 0.05) is 50.2 Å². The molecule has 2 unspecified atom stereocenters. The van der Waals surface area contributed by atoms with Gasteiger partial charge in [-0.3, -0.25) is 0 Å². The van der Waals surface area contributed by atoms with Crippen molar-refractivity contribution in [3.8, 4) is 5.69 Å². The van der Waals surface area contributed by atoms with E-state index >= 15 is 0 Å². The average molecular weight is 625 g/mol. The summed E-state index contributed by atoms with van der Waals surface area (Å²) < 4.78 is 11.8. The molecular formula is C46H28N2O. The molecule has 0 spiro atoms. The molecule has 3 heterocycles. The van der Waals surface area contributed by atoms with Crippen LogP contribution in [0.4, 0.5) is 0 Å². The highest BCUT2D eigenvalue weighted by molar-refractivity contribution is 6.31. The number of hydrogen-bond donors (Lipinski definition) is 0. The van der Waals surface area contributed by atoms with E-state index in [-0.39, 0.29) is 11.8 Å². The highest BCUT2D eigenvalue weighted by atomic mass is 16.3. The van der Waals surface area contributed by atoms with Crippen LogP contribution in [0.25, 0.3) is 88.1 Å². The zero-order valence-corrected chi connectivity index (χ0v) is 26.5. The van der Waals surface area contributed by atoms with Crippen LogP contribution in [0.15, 0.2) is 162 Å². The van der Waals surface area contributed by atoms with Crippen molar-refractivity contribution in [2.75, 3.05) is 0 Å². The predicted octanol–water partition coefficient (Wildman–Crippen LogP) is 11.9. The number of fused-ring (bicyclic) bond motifs is 14. The maximum atomic E-state index is 6.77. The summed E-state index contributed by atoms with van der Waals surface area (Å²) in [5.41, 5.74) is 14.7. The minimum Gasteiger partial charge on any atom is -0.455 e. The SMILES string of the molecule is C1=CC2C(n3c4ccc5c6ccccc6oc5c4c4ccc5c(c6ccccc6n5-c5ccccc5)c43)=CC=C3c4ccccc4C(=C1)C32. The van der Waals surface area contributed by atoms with Crippen LogP contribution in [0, 0.1) is 11.8 Å². The fourth-order valence-corrected chi connectivity index (χ4v) is 9.38. The first-order valence-electron chi connectivity index (χ1n) is 17.1. The number of benzene rings is 6. The van der Waals surface area contributed by atoms with E-state index in [4.69, 9.17) is 4.42 Å². The topological polar surface area (TPSA) is 23.0 Å². The molecule has 3 aliphatic carbocycles. The summed E-state index contributed by atoms with van der Waals surface area (Å²) in [5.74, 6) is 0.477. The third-order valence-corrected chi connectivity index (χ3v) is 11.3. The largest absolute Gasteiger partial charge is 0.455 e. The lowest BCUT2D eigenvalue weighted by molar-refractivity contribution is 0.673. The van der Waals surface area contributed by atoms with Gasteiger partial charge >= 0.3 is 0 Å². The number of rotatable bonds is 2. The number of hydrogen-bond acceptors (Lipinski definition) is 1. The second kappa shape index (κ2) is 9.18. The molecule has 3 aliphatic rings. The molecule has 12 rings (SSSR count). The Morgan fingerprint density at radius 1 is 0.490 bits per heavy atom. The standard InChI is InChI=1S/C46H28N2O/c1-2-11-27(12-3-1)47-37-19-8-6-16-35(37)43-39(47)26-23-36-44-40(25-22-33-30-15-7-9-20-41(30)49-46(33)44)48(45(36)43)38-24-21-32-29-14-5-4-13-28(29)31-17-10-18-34(38)42(31)32/h1-26,34,42H. The number of para-hydroxylation sites is 3. The molecule has 0 fully saturated rings. The number of allylic oxidation sites excluding steroid dienone is 8. The van der Waals surface area contributed by atoms with Gasteiger partial charge in [-0.2, -0.15) is 0 Å². The lowest BCUT2D eigenvalue weighted by Gasteiger charge is -2.32. The molecular weight excluding hydrogens is 597 g/mol. The van der Waals surface area contributed by atoms with Crippen LogP contribution in [0.3, 0.4) is 0 Å². The van der Waals surface area contributed by atoms with E-state index in [0.717, 1.165) is 27.6 Å². The van der Waals surface area contributed by atoms with Gasteiger partial charge in [-0.15, -0.1) is 0 Å². The Balaban J connectivity index is 1.27. The lowest BCUT2D eigenvalue weighted by atomic mass is 9.75. The van der Waals surface area contributed by atoms with E-state index in [9.17, 15) is 0 Å². The van der Waals surface area contributed by atoms with E-state index in [2.05, 4.69) is 167 Å². The van der Waals surface area contributed by atoms with E-state index < -0.39 is 0 Å². The van der Waals surface area contributed by atoms with Crippen LogP contribution >= 0.6 is 0 Å². The Hall–Kier alpha value is -6.32. The summed E-state index contributed by atoms with van der Waals surface area (Å²) >= 11 is 0. The first-order valence-corrected chi connectivity index (χ1v) is 17.1. The molecule has 3 nitrogen and oxygen atoms in total. The summed E-state index contributed by atoms with van der Waals surface area (Å²) in [5, 5.41) is 7.20. The molecule has 49 heavy (non-hydrogen) atoms. The van der Waals surface area contributed by atoms with Crippen molar-refractivity contribution in [3.05, 3.63) is 169 Å². The average Bonchev–Trinajstić information content (AvgIpc) is 3.89. The van der Waals surface area contributed by atoms with Gasteiger partial charge < -0.3 is 13.6 Å². The Morgan fingerprint density at radius 2 is 1.18 bits per heavy atom. The van der Waals surface area contributed by atoms with Crippen LogP contribution in [0.5, 0.6) is 0 Å². The van der Waals surface area contributed by atoms with Gasteiger partial charge in [-0.05, 0) is 76.9 Å². The third-order valence-electron chi connectivity index (χ3n) is 11.3. The maximum absolute atomic E-state index is 6.77. The lowest BCUT2D eigenvalue weighted by Crippen LogP contribution is -2.21. The normalized spacial score (nSPS) is 18.1. The smallest absolute Gasteiger partial charge is 0.145 e. The van der Waals surface area contributed by atoms with Crippen molar-refractivity contribution < 1.29 is 4.42 Å². The van der Waals surface area contributed by atoms with E-state index in [1.165, 1.54) is 71.6 Å². The monoisotopic (exact) mass is 624 g/mol. The molecule has 0 aliphatic heterocycles. The van der Waals surface area contributed by atoms with Gasteiger partial charge in [-0.1, -0.05) is 103 Å². The quantitative estimate of drug-likeness (QED) is 0.188. The Bertz CT molecular complexity index is 3050. The fourth-order valence-electron chi connectivity index (χ4n) is 9.38. The molecule has 0 amide bonds. The minimum atomic E-state index is 0.190. The molecule has 228 valence electrons. The molecule has 0 saturated carbocycles. The molecule has 0 N–H and O–H groups in total. The zero-order valence-electron chi connectivity index (χ0n) is 26.5. The van der Waals surface area contributed by atoms with Gasteiger partial charge in [0.15, 0.2) is 0 Å². The van der Waals surface area contributed by atoms with E-state index in [0.29, 0.717) is 0 Å². The zero-order chi connectivity index (χ0) is 31.8. The van der Waals surface area contributed by atoms with Gasteiger partial charge in [0.05, 0.1) is 27.5 Å². The van der Waals surface area contributed by atoms with Crippen LogP contribution in [0.2, 0.25) is 0 Å². The van der Waals surface area contributed by atoms with Crippen LogP contribution in [0.1, 0.15) is 11.1 Å². The maximum Gasteiger partial charge on any atom is 0.145 e.